The van der Waals surface area contributed by atoms with E-state index in [1.807, 2.05) is 0 Å². The Morgan fingerprint density at radius 2 is 1.49 bits per heavy atom. The van der Waals surface area contributed by atoms with Gasteiger partial charge in [0.05, 0.1) is 25.0 Å². The van der Waals surface area contributed by atoms with E-state index in [2.05, 4.69) is 20.6 Å². The number of nitrogens with one attached hydrogen (secondary N) is 3. The summed E-state index contributed by atoms with van der Waals surface area (Å²) in [4.78, 5) is 67.4. The molecule has 12 heteroatoms. The number of aromatic nitrogens is 2. The van der Waals surface area contributed by atoms with Crippen LogP contribution in [0.2, 0.25) is 0 Å². The van der Waals surface area contributed by atoms with Gasteiger partial charge in [-0.15, -0.1) is 0 Å². The zero-order valence-corrected chi connectivity index (χ0v) is 19.1. The number of carbonyl (C=O) groups excluding carboxylic acids is 5. The predicted molar refractivity (Wildman–Crippen MR) is 123 cm³/mol. The first-order valence-corrected chi connectivity index (χ1v) is 11.0. The number of hydrogen-bond acceptors (Lipinski definition) is 7. The topological polar surface area (TPSA) is 190 Å². The number of amides is 3. The number of Topliss-reactive ketones (excluding diaryl/α,β-unsaturated/α-hetero) is 2. The summed E-state index contributed by atoms with van der Waals surface area (Å²) < 4.78 is 13.2. The van der Waals surface area contributed by atoms with Crippen LogP contribution in [0.15, 0.2) is 36.8 Å². The lowest BCUT2D eigenvalue weighted by atomic mass is 9.98. The quantitative estimate of drug-likeness (QED) is 0.222. The number of imidazole rings is 1. The highest BCUT2D eigenvalue weighted by Crippen LogP contribution is 2.10. The summed E-state index contributed by atoms with van der Waals surface area (Å²) >= 11 is 0. The highest BCUT2D eigenvalue weighted by molar-refractivity contribution is 5.94. The molecule has 1 aromatic carbocycles. The van der Waals surface area contributed by atoms with Gasteiger partial charge in [0.2, 0.25) is 17.7 Å². The Labute approximate surface area is 201 Å². The van der Waals surface area contributed by atoms with Crippen LogP contribution in [0.5, 0.6) is 0 Å². The number of aromatic amines is 1. The molecule has 0 fully saturated rings. The average Bonchev–Trinajstić information content (AvgIpc) is 3.34. The number of nitrogens with zero attached hydrogens (tertiary/aromatic N) is 1. The van der Waals surface area contributed by atoms with Gasteiger partial charge in [-0.05, 0) is 24.1 Å². The fourth-order valence-electron chi connectivity index (χ4n) is 3.31. The van der Waals surface area contributed by atoms with E-state index in [4.69, 9.17) is 11.5 Å². The van der Waals surface area contributed by atoms with Crippen molar-refractivity contribution >= 4 is 29.3 Å². The molecule has 0 aliphatic rings. The minimum Gasteiger partial charge on any atom is -0.370 e. The monoisotopic (exact) mass is 488 g/mol. The number of ketones is 2. The molecule has 0 unspecified atom stereocenters. The number of rotatable bonds is 15. The van der Waals surface area contributed by atoms with Gasteiger partial charge in [-0.3, -0.25) is 24.0 Å². The minimum absolute atomic E-state index is 0.0760. The van der Waals surface area contributed by atoms with E-state index >= 15 is 0 Å². The van der Waals surface area contributed by atoms with Gasteiger partial charge in [-0.2, -0.15) is 0 Å². The van der Waals surface area contributed by atoms with Gasteiger partial charge >= 0.3 is 0 Å². The lowest BCUT2D eigenvalue weighted by molar-refractivity contribution is -0.130. The van der Waals surface area contributed by atoms with E-state index < -0.39 is 47.2 Å². The van der Waals surface area contributed by atoms with Crippen molar-refractivity contribution in [2.45, 2.75) is 50.6 Å². The Kier molecular flexibility index (Phi) is 10.7. The molecule has 7 N–H and O–H groups in total. The maximum absolute atomic E-state index is 13.2. The molecule has 1 heterocycles. The van der Waals surface area contributed by atoms with Crippen LogP contribution >= 0.6 is 0 Å². The third kappa shape index (κ3) is 9.84. The van der Waals surface area contributed by atoms with E-state index in [-0.39, 0.29) is 45.1 Å². The van der Waals surface area contributed by atoms with Gasteiger partial charge in [0.15, 0.2) is 11.6 Å². The third-order valence-electron chi connectivity index (χ3n) is 5.18. The van der Waals surface area contributed by atoms with Crippen LogP contribution in [-0.4, -0.2) is 57.9 Å². The Morgan fingerprint density at radius 3 is 2.06 bits per heavy atom. The molecular formula is C23H29FN6O5. The molecule has 0 radical (unpaired) electrons. The minimum atomic E-state index is -0.986. The number of primary amides is 1. The number of hydrogen-bond donors (Lipinski definition) is 5. The van der Waals surface area contributed by atoms with Crippen molar-refractivity contribution < 1.29 is 28.4 Å². The van der Waals surface area contributed by atoms with Crippen LogP contribution in [0.4, 0.5) is 4.39 Å². The van der Waals surface area contributed by atoms with E-state index in [9.17, 15) is 28.4 Å². The van der Waals surface area contributed by atoms with Gasteiger partial charge in [-0.25, -0.2) is 9.37 Å². The van der Waals surface area contributed by atoms with Crippen LogP contribution in [0.3, 0.4) is 0 Å². The average molecular weight is 489 g/mol. The van der Waals surface area contributed by atoms with Crippen molar-refractivity contribution in [3.63, 3.8) is 0 Å². The smallest absolute Gasteiger partial charge is 0.234 e. The van der Waals surface area contributed by atoms with Crippen molar-refractivity contribution in [2.24, 2.45) is 11.5 Å². The van der Waals surface area contributed by atoms with Gasteiger partial charge in [0, 0.05) is 44.0 Å². The van der Waals surface area contributed by atoms with E-state index in [0.29, 0.717) is 11.3 Å². The molecule has 1 aromatic heterocycles. The SMILES string of the molecule is NCC(=O)N[C@@H](Cc1cnc[nH]1)C(=O)CCC(=O)N[C@H](Cc1ccc(F)cc1)C(=O)CCC(N)=O. The first-order chi connectivity index (χ1) is 16.7. The Balaban J connectivity index is 2.00. The molecule has 0 aliphatic heterocycles. The summed E-state index contributed by atoms with van der Waals surface area (Å²) in [5, 5.41) is 5.12. The van der Waals surface area contributed by atoms with E-state index in [1.165, 1.54) is 36.8 Å². The molecule has 0 bridgehead atoms. The Morgan fingerprint density at radius 1 is 0.886 bits per heavy atom. The second-order valence-electron chi connectivity index (χ2n) is 7.95. The maximum atomic E-state index is 13.2. The summed E-state index contributed by atoms with van der Waals surface area (Å²) in [6.07, 6.45) is 2.39. The second kappa shape index (κ2) is 13.7. The standard InChI is InChI=1S/C23H29FN6O5/c24-15-3-1-14(2-4-15)9-17(19(31)5-7-21(26)33)29-22(34)8-6-20(32)18(30-23(35)11-25)10-16-12-27-13-28-16/h1-4,12-13,17-18H,5-11,25H2,(H2,26,33)(H,27,28)(H,29,34)(H,30,35)/t17-,18+/m1/s1. The highest BCUT2D eigenvalue weighted by Gasteiger charge is 2.25. The third-order valence-corrected chi connectivity index (χ3v) is 5.18. The van der Waals surface area contributed by atoms with Gasteiger partial charge < -0.3 is 27.1 Å². The van der Waals surface area contributed by atoms with Crippen molar-refractivity contribution in [3.05, 3.63) is 53.9 Å². The number of nitrogens with two attached hydrogens (primary N) is 2. The van der Waals surface area contributed by atoms with E-state index in [0.717, 1.165) is 0 Å². The molecule has 3 amide bonds. The Bertz CT molecular complexity index is 1030. The lowest BCUT2D eigenvalue weighted by Gasteiger charge is -2.19. The Hall–Kier alpha value is -3.93. The lowest BCUT2D eigenvalue weighted by Crippen LogP contribution is -2.46. The van der Waals surface area contributed by atoms with Crippen LogP contribution in [0.1, 0.15) is 36.9 Å². The summed E-state index contributed by atoms with van der Waals surface area (Å²) in [5.41, 5.74) is 11.7. The summed E-state index contributed by atoms with van der Waals surface area (Å²) in [7, 11) is 0. The van der Waals surface area contributed by atoms with Crippen molar-refractivity contribution in [3.8, 4) is 0 Å². The van der Waals surface area contributed by atoms with Crippen molar-refractivity contribution in [1.29, 1.82) is 0 Å². The van der Waals surface area contributed by atoms with E-state index in [1.54, 1.807) is 0 Å². The number of H-pyrrole nitrogens is 1. The zero-order valence-electron chi connectivity index (χ0n) is 19.1. The van der Waals surface area contributed by atoms with Crippen molar-refractivity contribution in [1.82, 2.24) is 20.6 Å². The molecule has 2 atom stereocenters. The molecule has 0 saturated heterocycles. The second-order valence-corrected chi connectivity index (χ2v) is 7.95. The van der Waals surface area contributed by atoms with Crippen LogP contribution in [0, 0.1) is 5.82 Å². The normalized spacial score (nSPS) is 12.4. The van der Waals surface area contributed by atoms with Gasteiger partial charge in [-0.1, -0.05) is 12.1 Å². The molecule has 2 aromatic rings. The summed E-state index contributed by atoms with van der Waals surface area (Å²) in [6.45, 7) is -0.300. The first kappa shape index (κ1) is 27.3. The van der Waals surface area contributed by atoms with Gasteiger partial charge in [0.25, 0.3) is 0 Å². The molecule has 0 saturated carbocycles. The molecular weight excluding hydrogens is 459 g/mol. The zero-order chi connectivity index (χ0) is 25.8. The van der Waals surface area contributed by atoms with Gasteiger partial charge in [0.1, 0.15) is 5.82 Å². The highest BCUT2D eigenvalue weighted by atomic mass is 19.1. The molecule has 0 aliphatic carbocycles. The van der Waals surface area contributed by atoms with Crippen molar-refractivity contribution in [2.75, 3.05) is 6.54 Å². The van der Waals surface area contributed by atoms with Crippen LogP contribution < -0.4 is 22.1 Å². The fourth-order valence-corrected chi connectivity index (χ4v) is 3.31. The summed E-state index contributed by atoms with van der Waals surface area (Å²) in [6, 6.07) is 3.54. The fraction of sp³-hybridized carbons (Fsp3) is 0.391. The molecule has 188 valence electrons. The molecule has 2 rings (SSSR count). The molecule has 35 heavy (non-hydrogen) atoms. The largest absolute Gasteiger partial charge is 0.370 e. The van der Waals surface area contributed by atoms with Crippen LogP contribution in [-0.2, 0) is 36.8 Å². The number of halogens is 1. The first-order valence-electron chi connectivity index (χ1n) is 11.0. The predicted octanol–water partition coefficient (Wildman–Crippen LogP) is -0.554. The maximum Gasteiger partial charge on any atom is 0.234 e. The molecule has 0 spiro atoms. The number of benzene rings is 1. The molecule has 11 nitrogen and oxygen atoms in total. The number of carbonyl (C=O) groups is 5. The summed E-state index contributed by atoms with van der Waals surface area (Å²) in [5.74, 6) is -3.00. The van der Waals surface area contributed by atoms with Crippen LogP contribution in [0.25, 0.3) is 0 Å².